The molecular weight excluding hydrogens is 216 g/mol. The standard InChI is InChI=1S/C11H13ClO3/c1-7-4-5-9(6-10(7)12)15-8(2)11(13)14-3/h4-6,8H,1-3H3/t8-/m1/s1. The lowest BCUT2D eigenvalue weighted by atomic mass is 10.2. The first-order chi connectivity index (χ1) is 7.04. The molecule has 0 aromatic heterocycles. The predicted octanol–water partition coefficient (Wildman–Crippen LogP) is 2.59. The molecule has 0 saturated carbocycles. The maximum absolute atomic E-state index is 11.1. The lowest BCUT2D eigenvalue weighted by Gasteiger charge is -2.12. The first-order valence-electron chi connectivity index (χ1n) is 4.55. The highest BCUT2D eigenvalue weighted by Gasteiger charge is 2.14. The van der Waals surface area contributed by atoms with Crippen LogP contribution in [0, 0.1) is 6.92 Å². The molecule has 0 N–H and O–H groups in total. The van der Waals surface area contributed by atoms with E-state index in [0.29, 0.717) is 10.8 Å². The average Bonchev–Trinajstić information content (AvgIpc) is 2.22. The van der Waals surface area contributed by atoms with E-state index in [9.17, 15) is 4.79 Å². The van der Waals surface area contributed by atoms with Crippen molar-refractivity contribution >= 4 is 17.6 Å². The second kappa shape index (κ2) is 5.03. The minimum Gasteiger partial charge on any atom is -0.479 e. The van der Waals surface area contributed by atoms with Gasteiger partial charge >= 0.3 is 5.97 Å². The molecule has 0 radical (unpaired) electrons. The summed E-state index contributed by atoms with van der Waals surface area (Å²) in [4.78, 5) is 11.1. The van der Waals surface area contributed by atoms with Crippen molar-refractivity contribution in [1.82, 2.24) is 0 Å². The quantitative estimate of drug-likeness (QED) is 0.746. The van der Waals surface area contributed by atoms with Gasteiger partial charge in [0, 0.05) is 5.02 Å². The molecule has 0 aliphatic rings. The van der Waals surface area contributed by atoms with Crippen LogP contribution in [-0.2, 0) is 9.53 Å². The summed E-state index contributed by atoms with van der Waals surface area (Å²) in [6.07, 6.45) is -0.631. The Morgan fingerprint density at radius 2 is 2.13 bits per heavy atom. The summed E-state index contributed by atoms with van der Waals surface area (Å²) in [6, 6.07) is 5.28. The van der Waals surface area contributed by atoms with Crippen molar-refractivity contribution in [2.75, 3.05) is 7.11 Å². The van der Waals surface area contributed by atoms with Gasteiger partial charge in [0.1, 0.15) is 5.75 Å². The minimum atomic E-state index is -0.631. The zero-order valence-electron chi connectivity index (χ0n) is 8.91. The molecule has 0 spiro atoms. The molecule has 0 aliphatic heterocycles. The normalized spacial score (nSPS) is 12.0. The molecule has 1 aromatic rings. The second-order valence-corrected chi connectivity index (χ2v) is 3.60. The summed E-state index contributed by atoms with van der Waals surface area (Å²) in [5.74, 6) is 0.148. The number of carbonyl (C=O) groups is 1. The van der Waals surface area contributed by atoms with Crippen molar-refractivity contribution < 1.29 is 14.3 Å². The molecule has 0 bridgehead atoms. The van der Waals surface area contributed by atoms with Gasteiger partial charge in [-0.05, 0) is 31.5 Å². The van der Waals surface area contributed by atoms with Gasteiger partial charge in [-0.15, -0.1) is 0 Å². The number of methoxy groups -OCH3 is 1. The Balaban J connectivity index is 2.73. The Morgan fingerprint density at radius 1 is 1.47 bits per heavy atom. The van der Waals surface area contributed by atoms with Crippen LogP contribution >= 0.6 is 11.6 Å². The Hall–Kier alpha value is -1.22. The van der Waals surface area contributed by atoms with Crippen LogP contribution in [0.4, 0.5) is 0 Å². The predicted molar refractivity (Wildman–Crippen MR) is 58.3 cm³/mol. The number of hydrogen-bond acceptors (Lipinski definition) is 3. The van der Waals surface area contributed by atoms with E-state index in [1.807, 2.05) is 13.0 Å². The van der Waals surface area contributed by atoms with Crippen LogP contribution < -0.4 is 4.74 Å². The third-order valence-electron chi connectivity index (χ3n) is 1.99. The zero-order chi connectivity index (χ0) is 11.4. The van der Waals surface area contributed by atoms with Crippen LogP contribution in [0.3, 0.4) is 0 Å². The molecule has 0 aliphatic carbocycles. The van der Waals surface area contributed by atoms with E-state index in [1.165, 1.54) is 7.11 Å². The first kappa shape index (κ1) is 11.9. The monoisotopic (exact) mass is 228 g/mol. The average molecular weight is 229 g/mol. The van der Waals surface area contributed by atoms with Crippen LogP contribution in [0.15, 0.2) is 18.2 Å². The van der Waals surface area contributed by atoms with E-state index in [4.69, 9.17) is 16.3 Å². The SMILES string of the molecule is COC(=O)[C@@H](C)Oc1ccc(C)c(Cl)c1. The number of benzene rings is 1. The highest BCUT2D eigenvalue weighted by Crippen LogP contribution is 2.22. The lowest BCUT2D eigenvalue weighted by Crippen LogP contribution is -2.24. The fourth-order valence-electron chi connectivity index (χ4n) is 1.07. The van der Waals surface area contributed by atoms with E-state index in [2.05, 4.69) is 4.74 Å². The minimum absolute atomic E-state index is 0.410. The van der Waals surface area contributed by atoms with Crippen molar-refractivity contribution in [2.24, 2.45) is 0 Å². The topological polar surface area (TPSA) is 35.5 Å². The fraction of sp³-hybridized carbons (Fsp3) is 0.364. The van der Waals surface area contributed by atoms with Gasteiger partial charge < -0.3 is 9.47 Å². The Morgan fingerprint density at radius 3 is 2.67 bits per heavy atom. The Kier molecular flexibility index (Phi) is 3.97. The van der Waals surface area contributed by atoms with E-state index >= 15 is 0 Å². The van der Waals surface area contributed by atoms with Gasteiger partial charge in [-0.25, -0.2) is 4.79 Å². The van der Waals surface area contributed by atoms with Gasteiger partial charge in [-0.2, -0.15) is 0 Å². The Bertz CT molecular complexity index is 363. The maximum atomic E-state index is 11.1. The van der Waals surface area contributed by atoms with Gasteiger partial charge in [-0.1, -0.05) is 17.7 Å². The zero-order valence-corrected chi connectivity index (χ0v) is 9.67. The smallest absolute Gasteiger partial charge is 0.346 e. The third kappa shape index (κ3) is 3.13. The summed E-state index contributed by atoms with van der Waals surface area (Å²) in [5, 5.41) is 0.615. The molecule has 15 heavy (non-hydrogen) atoms. The third-order valence-corrected chi connectivity index (χ3v) is 2.40. The molecule has 1 rings (SSSR count). The highest BCUT2D eigenvalue weighted by atomic mass is 35.5. The van der Waals surface area contributed by atoms with Crippen molar-refractivity contribution in [3.05, 3.63) is 28.8 Å². The number of rotatable bonds is 3. The van der Waals surface area contributed by atoms with Gasteiger partial charge in [0.15, 0.2) is 6.10 Å². The molecule has 0 saturated heterocycles. The van der Waals surface area contributed by atoms with E-state index in [1.54, 1.807) is 19.1 Å². The van der Waals surface area contributed by atoms with Crippen molar-refractivity contribution in [3.63, 3.8) is 0 Å². The van der Waals surface area contributed by atoms with E-state index in [0.717, 1.165) is 5.56 Å². The van der Waals surface area contributed by atoms with Crippen LogP contribution in [0.25, 0.3) is 0 Å². The molecule has 0 fully saturated rings. The van der Waals surface area contributed by atoms with Crippen molar-refractivity contribution in [3.8, 4) is 5.75 Å². The summed E-state index contributed by atoms with van der Waals surface area (Å²) >= 11 is 5.91. The van der Waals surface area contributed by atoms with Crippen LogP contribution in [0.2, 0.25) is 5.02 Å². The van der Waals surface area contributed by atoms with Crippen LogP contribution in [0.1, 0.15) is 12.5 Å². The molecule has 1 atom stereocenters. The number of carbonyl (C=O) groups excluding carboxylic acids is 1. The Labute approximate surface area is 93.9 Å². The first-order valence-corrected chi connectivity index (χ1v) is 4.93. The van der Waals surface area contributed by atoms with Gasteiger partial charge in [0.2, 0.25) is 0 Å². The maximum Gasteiger partial charge on any atom is 0.346 e. The lowest BCUT2D eigenvalue weighted by molar-refractivity contribution is -0.147. The summed E-state index contributed by atoms with van der Waals surface area (Å²) in [5.41, 5.74) is 0.967. The number of aryl methyl sites for hydroxylation is 1. The molecule has 4 heteroatoms. The molecule has 0 heterocycles. The van der Waals surface area contributed by atoms with Gasteiger partial charge in [-0.3, -0.25) is 0 Å². The van der Waals surface area contributed by atoms with Gasteiger partial charge in [0.05, 0.1) is 7.11 Å². The summed E-state index contributed by atoms with van der Waals surface area (Å²) in [7, 11) is 1.32. The molecule has 3 nitrogen and oxygen atoms in total. The van der Waals surface area contributed by atoms with Crippen molar-refractivity contribution in [2.45, 2.75) is 20.0 Å². The fourth-order valence-corrected chi connectivity index (χ4v) is 1.24. The molecule has 0 unspecified atom stereocenters. The number of esters is 1. The number of ether oxygens (including phenoxy) is 2. The van der Waals surface area contributed by atoms with Gasteiger partial charge in [0.25, 0.3) is 0 Å². The second-order valence-electron chi connectivity index (χ2n) is 3.19. The van der Waals surface area contributed by atoms with Crippen LogP contribution in [0.5, 0.6) is 5.75 Å². The molecule has 82 valence electrons. The van der Waals surface area contributed by atoms with E-state index < -0.39 is 12.1 Å². The highest BCUT2D eigenvalue weighted by molar-refractivity contribution is 6.31. The summed E-state index contributed by atoms with van der Waals surface area (Å²) < 4.78 is 9.89. The summed E-state index contributed by atoms with van der Waals surface area (Å²) in [6.45, 7) is 3.52. The number of halogens is 1. The molecule has 0 amide bonds. The largest absolute Gasteiger partial charge is 0.479 e. The molecule has 1 aromatic carbocycles. The van der Waals surface area contributed by atoms with Crippen LogP contribution in [-0.4, -0.2) is 19.2 Å². The molecular formula is C11H13ClO3. The van der Waals surface area contributed by atoms with E-state index in [-0.39, 0.29) is 0 Å². The number of hydrogen-bond donors (Lipinski definition) is 0. The van der Waals surface area contributed by atoms with Crippen molar-refractivity contribution in [1.29, 1.82) is 0 Å².